The van der Waals surface area contributed by atoms with E-state index in [1.165, 1.54) is 0 Å². The minimum Gasteiger partial charge on any atom is -0.344 e. The fourth-order valence-electron chi connectivity index (χ4n) is 3.67. The van der Waals surface area contributed by atoms with E-state index in [9.17, 15) is 9.59 Å². The van der Waals surface area contributed by atoms with Crippen LogP contribution in [0.3, 0.4) is 0 Å². The van der Waals surface area contributed by atoms with Crippen molar-refractivity contribution in [1.82, 2.24) is 10.2 Å². The zero-order chi connectivity index (χ0) is 12.7. The maximum Gasteiger partial charge on any atom is 0.245 e. The number of rotatable bonds is 1. The molecule has 18 heavy (non-hydrogen) atoms. The van der Waals surface area contributed by atoms with Crippen LogP contribution in [-0.2, 0) is 9.59 Å². The second-order valence-corrected chi connectivity index (χ2v) is 6.00. The number of carbonyl (C=O) groups excluding carboxylic acids is 2. The summed E-state index contributed by atoms with van der Waals surface area (Å²) in [5.74, 6) is 1.33. The molecule has 2 amide bonds. The maximum absolute atomic E-state index is 12.3. The number of hydrogen-bond acceptors (Lipinski definition) is 3. The van der Waals surface area contributed by atoms with Gasteiger partial charge < -0.3 is 16.0 Å². The molecule has 0 aromatic rings. The average molecular weight is 251 g/mol. The highest BCUT2D eigenvalue weighted by Gasteiger charge is 2.41. The lowest BCUT2D eigenvalue weighted by Gasteiger charge is -2.27. The fraction of sp³-hybridized carbons (Fsp3) is 0.846. The van der Waals surface area contributed by atoms with E-state index in [2.05, 4.69) is 5.32 Å². The molecule has 3 N–H and O–H groups in total. The SMILES string of the molecule is NC1CC[C@H]2CN(C(=O)C3CCC(=O)N3)C[C@H]2C1. The van der Waals surface area contributed by atoms with Crippen molar-refractivity contribution in [2.24, 2.45) is 17.6 Å². The zero-order valence-electron chi connectivity index (χ0n) is 10.6. The number of nitrogens with one attached hydrogen (secondary N) is 1. The molecule has 0 aromatic carbocycles. The molecular weight excluding hydrogens is 230 g/mol. The molecule has 0 radical (unpaired) electrons. The summed E-state index contributed by atoms with van der Waals surface area (Å²) >= 11 is 0. The molecule has 3 fully saturated rings. The highest BCUT2D eigenvalue weighted by atomic mass is 16.2. The van der Waals surface area contributed by atoms with Crippen molar-refractivity contribution in [1.29, 1.82) is 0 Å². The third-order valence-corrected chi connectivity index (χ3v) is 4.70. The van der Waals surface area contributed by atoms with E-state index in [4.69, 9.17) is 5.73 Å². The van der Waals surface area contributed by atoms with E-state index in [-0.39, 0.29) is 17.9 Å². The smallest absolute Gasteiger partial charge is 0.245 e. The lowest BCUT2D eigenvalue weighted by Crippen LogP contribution is -2.43. The van der Waals surface area contributed by atoms with Gasteiger partial charge in [0.2, 0.25) is 11.8 Å². The van der Waals surface area contributed by atoms with Gasteiger partial charge in [0.25, 0.3) is 0 Å². The third kappa shape index (κ3) is 2.11. The van der Waals surface area contributed by atoms with Crippen LogP contribution < -0.4 is 11.1 Å². The van der Waals surface area contributed by atoms with Gasteiger partial charge in [-0.1, -0.05) is 0 Å². The second-order valence-electron chi connectivity index (χ2n) is 6.00. The zero-order valence-corrected chi connectivity index (χ0v) is 10.6. The van der Waals surface area contributed by atoms with Crippen molar-refractivity contribution >= 4 is 11.8 Å². The first-order valence-corrected chi connectivity index (χ1v) is 6.97. The van der Waals surface area contributed by atoms with Crippen molar-refractivity contribution in [2.75, 3.05) is 13.1 Å². The van der Waals surface area contributed by atoms with E-state index in [1.807, 2.05) is 4.90 Å². The van der Waals surface area contributed by atoms with Crippen molar-refractivity contribution in [2.45, 2.75) is 44.2 Å². The maximum atomic E-state index is 12.3. The minimum absolute atomic E-state index is 0.00647. The summed E-state index contributed by atoms with van der Waals surface area (Å²) in [5, 5.41) is 2.77. The van der Waals surface area contributed by atoms with Gasteiger partial charge in [-0.05, 0) is 37.5 Å². The van der Waals surface area contributed by atoms with Gasteiger partial charge in [-0.25, -0.2) is 0 Å². The van der Waals surface area contributed by atoms with Gasteiger partial charge in [0.1, 0.15) is 6.04 Å². The van der Waals surface area contributed by atoms with Crippen LogP contribution in [0.4, 0.5) is 0 Å². The van der Waals surface area contributed by atoms with Crippen LogP contribution in [0, 0.1) is 11.8 Å². The molecule has 2 saturated heterocycles. The molecule has 5 heteroatoms. The normalized spacial score (nSPS) is 39.6. The Hall–Kier alpha value is -1.10. The number of nitrogens with zero attached hydrogens (tertiary/aromatic N) is 1. The van der Waals surface area contributed by atoms with Gasteiger partial charge in [-0.2, -0.15) is 0 Å². The first-order chi connectivity index (χ1) is 8.63. The first kappa shape index (κ1) is 12.0. The van der Waals surface area contributed by atoms with E-state index in [0.717, 1.165) is 32.4 Å². The molecule has 5 nitrogen and oxygen atoms in total. The molecule has 2 aliphatic heterocycles. The van der Waals surface area contributed by atoms with Crippen LogP contribution in [0.5, 0.6) is 0 Å². The van der Waals surface area contributed by atoms with Crippen LogP contribution in [0.1, 0.15) is 32.1 Å². The number of hydrogen-bond donors (Lipinski definition) is 2. The van der Waals surface area contributed by atoms with Crippen LogP contribution in [0.2, 0.25) is 0 Å². The van der Waals surface area contributed by atoms with Crippen LogP contribution in [0.25, 0.3) is 0 Å². The first-order valence-electron chi connectivity index (χ1n) is 6.97. The van der Waals surface area contributed by atoms with Crippen molar-refractivity contribution < 1.29 is 9.59 Å². The lowest BCUT2D eigenvalue weighted by molar-refractivity contribution is -0.133. The molecule has 2 unspecified atom stereocenters. The lowest BCUT2D eigenvalue weighted by atomic mass is 9.79. The third-order valence-electron chi connectivity index (χ3n) is 4.70. The number of amides is 2. The summed E-state index contributed by atoms with van der Waals surface area (Å²) in [6.45, 7) is 1.70. The predicted molar refractivity (Wildman–Crippen MR) is 66.6 cm³/mol. The van der Waals surface area contributed by atoms with Crippen molar-refractivity contribution in [3.8, 4) is 0 Å². The van der Waals surface area contributed by atoms with Crippen LogP contribution in [-0.4, -0.2) is 41.9 Å². The van der Waals surface area contributed by atoms with Crippen LogP contribution in [0.15, 0.2) is 0 Å². The number of fused-ring (bicyclic) bond motifs is 1. The van der Waals surface area contributed by atoms with Crippen LogP contribution >= 0.6 is 0 Å². The molecule has 1 aliphatic carbocycles. The molecule has 1 saturated carbocycles. The average Bonchev–Trinajstić information content (AvgIpc) is 2.93. The number of nitrogens with two attached hydrogens (primary N) is 1. The number of likely N-dealkylation sites (tertiary alicyclic amines) is 1. The summed E-state index contributed by atoms with van der Waals surface area (Å²) in [5.41, 5.74) is 5.99. The topological polar surface area (TPSA) is 75.4 Å². The molecule has 4 atom stereocenters. The highest BCUT2D eigenvalue weighted by Crippen LogP contribution is 2.36. The molecule has 3 rings (SSSR count). The molecule has 100 valence electrons. The van der Waals surface area contributed by atoms with Gasteiger partial charge >= 0.3 is 0 Å². The van der Waals surface area contributed by atoms with Crippen molar-refractivity contribution in [3.63, 3.8) is 0 Å². The van der Waals surface area contributed by atoms with E-state index in [1.54, 1.807) is 0 Å². The Morgan fingerprint density at radius 1 is 1.22 bits per heavy atom. The quantitative estimate of drug-likeness (QED) is 0.680. The predicted octanol–water partition coefficient (Wildman–Crippen LogP) is -0.149. The summed E-state index contributed by atoms with van der Waals surface area (Å²) < 4.78 is 0. The number of carbonyl (C=O) groups is 2. The van der Waals surface area contributed by atoms with Gasteiger partial charge in [0.15, 0.2) is 0 Å². The Labute approximate surface area is 107 Å². The van der Waals surface area contributed by atoms with E-state index < -0.39 is 0 Å². The summed E-state index contributed by atoms with van der Waals surface area (Å²) in [7, 11) is 0. The van der Waals surface area contributed by atoms with Gasteiger partial charge in [0, 0.05) is 25.6 Å². The van der Waals surface area contributed by atoms with Gasteiger partial charge in [0.05, 0.1) is 0 Å². The molecule has 0 spiro atoms. The molecule has 0 bridgehead atoms. The summed E-state index contributed by atoms with van der Waals surface area (Å²) in [6, 6.07) is 0.0406. The highest BCUT2D eigenvalue weighted by molar-refractivity contribution is 5.90. The summed E-state index contributed by atoms with van der Waals surface area (Å²) in [6.07, 6.45) is 4.42. The molecular formula is C13H21N3O2. The minimum atomic E-state index is -0.272. The Kier molecular flexibility index (Phi) is 3.01. The summed E-state index contributed by atoms with van der Waals surface area (Å²) in [4.78, 5) is 25.4. The van der Waals surface area contributed by atoms with Crippen molar-refractivity contribution in [3.05, 3.63) is 0 Å². The Bertz CT molecular complexity index is 371. The Balaban J connectivity index is 1.61. The van der Waals surface area contributed by atoms with E-state index in [0.29, 0.717) is 30.7 Å². The monoisotopic (exact) mass is 251 g/mol. The Morgan fingerprint density at radius 2 is 2.00 bits per heavy atom. The van der Waals surface area contributed by atoms with Gasteiger partial charge in [-0.15, -0.1) is 0 Å². The second kappa shape index (κ2) is 4.53. The molecule has 0 aromatic heterocycles. The van der Waals surface area contributed by atoms with E-state index >= 15 is 0 Å². The Morgan fingerprint density at radius 3 is 2.72 bits per heavy atom. The standard InChI is InChI=1S/C13H21N3O2/c14-10-2-1-8-6-16(7-9(8)5-10)13(18)11-3-4-12(17)15-11/h8-11H,1-7,14H2,(H,15,17)/t8-,9+,10?,11?/m0/s1. The fourth-order valence-corrected chi connectivity index (χ4v) is 3.67. The molecule has 2 heterocycles. The van der Waals surface area contributed by atoms with Gasteiger partial charge in [-0.3, -0.25) is 9.59 Å². The largest absolute Gasteiger partial charge is 0.344 e. The molecule has 3 aliphatic rings.